The van der Waals surface area contributed by atoms with Crippen molar-refractivity contribution < 1.29 is 9.90 Å². The average molecular weight is 320 g/mol. The van der Waals surface area contributed by atoms with E-state index < -0.39 is 5.97 Å². The molecule has 0 amide bonds. The zero-order chi connectivity index (χ0) is 14.7. The molecule has 0 saturated heterocycles. The highest BCUT2D eigenvalue weighted by atomic mass is 32.2. The minimum atomic E-state index is -0.906. The Labute approximate surface area is 126 Å². The van der Waals surface area contributed by atoms with Crippen LogP contribution in [0.4, 0.5) is 0 Å². The molecule has 0 aliphatic rings. The van der Waals surface area contributed by atoms with E-state index in [1.807, 2.05) is 6.07 Å². The maximum absolute atomic E-state index is 10.6. The number of tetrazole rings is 1. The Morgan fingerprint density at radius 3 is 3.14 bits per heavy atom. The Hall–Kier alpha value is -2.33. The van der Waals surface area contributed by atoms with Crippen molar-refractivity contribution in [3.05, 3.63) is 35.6 Å². The first-order chi connectivity index (χ1) is 10.2. The lowest BCUT2D eigenvalue weighted by Crippen LogP contribution is -2.00. The molecular weight excluding hydrogens is 312 g/mol. The van der Waals surface area contributed by atoms with Crippen molar-refractivity contribution in [1.29, 1.82) is 0 Å². The fourth-order valence-electron chi connectivity index (χ4n) is 1.53. The molecule has 3 aromatic rings. The van der Waals surface area contributed by atoms with Gasteiger partial charge in [0.05, 0.1) is 24.0 Å². The molecule has 8 nitrogen and oxygen atoms in total. The van der Waals surface area contributed by atoms with Crippen LogP contribution in [0.1, 0.15) is 5.69 Å². The molecule has 3 rings (SSSR count). The Balaban J connectivity index is 1.81. The summed E-state index contributed by atoms with van der Waals surface area (Å²) in [6.45, 7) is 0. The molecule has 0 unspecified atom stereocenters. The van der Waals surface area contributed by atoms with Gasteiger partial charge in [0, 0.05) is 11.6 Å². The number of aromatic nitrogens is 6. The van der Waals surface area contributed by atoms with E-state index in [4.69, 9.17) is 5.11 Å². The van der Waals surface area contributed by atoms with Crippen molar-refractivity contribution in [2.24, 2.45) is 0 Å². The molecule has 0 aromatic carbocycles. The minimum absolute atomic E-state index is 0.0927. The Kier molecular flexibility index (Phi) is 3.88. The van der Waals surface area contributed by atoms with Gasteiger partial charge in [-0.1, -0.05) is 0 Å². The normalized spacial score (nSPS) is 10.7. The summed E-state index contributed by atoms with van der Waals surface area (Å²) >= 11 is 2.63. The minimum Gasteiger partial charge on any atom is -0.481 e. The number of aliphatic carboxylic acids is 1. The van der Waals surface area contributed by atoms with E-state index in [-0.39, 0.29) is 6.42 Å². The van der Waals surface area contributed by atoms with Crippen LogP contribution in [0.25, 0.3) is 5.69 Å². The second kappa shape index (κ2) is 5.97. The van der Waals surface area contributed by atoms with E-state index in [1.165, 1.54) is 23.1 Å². The van der Waals surface area contributed by atoms with E-state index in [2.05, 4.69) is 25.5 Å². The summed E-state index contributed by atoms with van der Waals surface area (Å²) in [6, 6.07) is 3.63. The van der Waals surface area contributed by atoms with Gasteiger partial charge in [-0.25, -0.2) is 4.98 Å². The molecule has 0 saturated carbocycles. The van der Waals surface area contributed by atoms with Gasteiger partial charge in [-0.05, 0) is 34.3 Å². The molecule has 0 aliphatic carbocycles. The van der Waals surface area contributed by atoms with Crippen LogP contribution in [0.15, 0.2) is 39.4 Å². The van der Waals surface area contributed by atoms with Crippen LogP contribution in [0.5, 0.6) is 0 Å². The summed E-state index contributed by atoms with van der Waals surface area (Å²) in [5, 5.41) is 22.5. The van der Waals surface area contributed by atoms with Crippen LogP contribution in [0.3, 0.4) is 0 Å². The predicted octanol–water partition coefficient (Wildman–Crippen LogP) is 1.29. The molecular formula is C11H8N6O2S2. The molecule has 10 heteroatoms. The molecule has 0 fully saturated rings. The molecule has 3 heterocycles. The number of thiazole rings is 1. The molecule has 1 N–H and O–H groups in total. The van der Waals surface area contributed by atoms with E-state index in [0.717, 1.165) is 5.69 Å². The van der Waals surface area contributed by atoms with Crippen LogP contribution in [-0.4, -0.2) is 41.3 Å². The molecule has 0 bridgehead atoms. The van der Waals surface area contributed by atoms with Gasteiger partial charge in [0.1, 0.15) is 0 Å². The fourth-order valence-corrected chi connectivity index (χ4v) is 3.26. The molecule has 21 heavy (non-hydrogen) atoms. The summed E-state index contributed by atoms with van der Waals surface area (Å²) in [4.78, 5) is 18.9. The topological polar surface area (TPSA) is 107 Å². The maximum Gasteiger partial charge on any atom is 0.309 e. The predicted molar refractivity (Wildman–Crippen MR) is 74.5 cm³/mol. The first-order valence-electron chi connectivity index (χ1n) is 5.75. The van der Waals surface area contributed by atoms with Crippen LogP contribution >= 0.6 is 23.1 Å². The fraction of sp³-hybridized carbons (Fsp3) is 0.0909. The summed E-state index contributed by atoms with van der Waals surface area (Å²) in [6.07, 6.45) is 3.22. The third-order valence-electron chi connectivity index (χ3n) is 2.37. The van der Waals surface area contributed by atoms with Crippen LogP contribution in [0, 0.1) is 0 Å². The van der Waals surface area contributed by atoms with Crippen molar-refractivity contribution in [2.75, 3.05) is 0 Å². The monoisotopic (exact) mass is 320 g/mol. The number of carboxylic acids is 1. The van der Waals surface area contributed by atoms with Gasteiger partial charge in [-0.15, -0.1) is 16.4 Å². The number of hydrogen-bond donors (Lipinski definition) is 1. The average Bonchev–Trinajstić information content (AvgIpc) is 3.09. The van der Waals surface area contributed by atoms with Crippen LogP contribution < -0.4 is 0 Å². The first-order valence-corrected chi connectivity index (χ1v) is 7.45. The van der Waals surface area contributed by atoms with Crippen molar-refractivity contribution in [2.45, 2.75) is 15.9 Å². The van der Waals surface area contributed by atoms with E-state index >= 15 is 0 Å². The van der Waals surface area contributed by atoms with Gasteiger partial charge in [0.15, 0.2) is 4.34 Å². The van der Waals surface area contributed by atoms with Crippen molar-refractivity contribution in [3.63, 3.8) is 0 Å². The SMILES string of the molecule is O=C(O)Cc1csc(Sc2nnnn2-c2cccnc2)n1. The van der Waals surface area contributed by atoms with Crippen molar-refractivity contribution >= 4 is 29.1 Å². The number of hydrogen-bond acceptors (Lipinski definition) is 8. The second-order valence-electron chi connectivity index (χ2n) is 3.86. The number of rotatable bonds is 5. The number of nitrogens with zero attached hydrogens (tertiary/aromatic N) is 6. The van der Waals surface area contributed by atoms with Crippen LogP contribution in [0.2, 0.25) is 0 Å². The Bertz CT molecular complexity index is 757. The number of carboxylic acid groups (broad SMARTS) is 1. The van der Waals surface area contributed by atoms with Gasteiger partial charge >= 0.3 is 5.97 Å². The van der Waals surface area contributed by atoms with E-state index in [0.29, 0.717) is 15.2 Å². The highest BCUT2D eigenvalue weighted by Gasteiger charge is 2.13. The van der Waals surface area contributed by atoms with E-state index in [9.17, 15) is 4.79 Å². The maximum atomic E-state index is 10.6. The molecule has 0 aliphatic heterocycles. The second-order valence-corrected chi connectivity index (χ2v) is 5.93. The van der Waals surface area contributed by atoms with Crippen LogP contribution in [-0.2, 0) is 11.2 Å². The first kappa shape index (κ1) is 13.6. The molecule has 106 valence electrons. The van der Waals surface area contributed by atoms with Gasteiger partial charge in [-0.3, -0.25) is 9.78 Å². The molecule has 3 aromatic heterocycles. The largest absolute Gasteiger partial charge is 0.481 e. The molecule has 0 radical (unpaired) electrons. The smallest absolute Gasteiger partial charge is 0.309 e. The quantitative estimate of drug-likeness (QED) is 0.749. The summed E-state index contributed by atoms with van der Waals surface area (Å²) in [5.41, 5.74) is 1.27. The third kappa shape index (κ3) is 3.23. The lowest BCUT2D eigenvalue weighted by Gasteiger charge is -2.01. The zero-order valence-electron chi connectivity index (χ0n) is 10.4. The highest BCUT2D eigenvalue weighted by Crippen LogP contribution is 2.29. The number of pyridine rings is 1. The Morgan fingerprint density at radius 1 is 1.48 bits per heavy atom. The lowest BCUT2D eigenvalue weighted by molar-refractivity contribution is -0.136. The number of carbonyl (C=O) groups is 1. The Morgan fingerprint density at radius 2 is 2.38 bits per heavy atom. The van der Waals surface area contributed by atoms with Gasteiger partial charge in [-0.2, -0.15) is 4.68 Å². The standard InChI is InChI=1S/C11H8N6O2S2/c18-9(19)4-7-6-20-11(13-7)21-10-14-15-16-17(10)8-2-1-3-12-5-8/h1-3,5-6H,4H2,(H,18,19). The summed E-state index contributed by atoms with van der Waals surface area (Å²) in [7, 11) is 0. The zero-order valence-corrected chi connectivity index (χ0v) is 12.1. The van der Waals surface area contributed by atoms with Gasteiger partial charge in [0.2, 0.25) is 5.16 Å². The molecule has 0 atom stereocenters. The van der Waals surface area contributed by atoms with Gasteiger partial charge < -0.3 is 5.11 Å². The summed E-state index contributed by atoms with van der Waals surface area (Å²) < 4.78 is 2.24. The lowest BCUT2D eigenvalue weighted by atomic mass is 10.3. The van der Waals surface area contributed by atoms with Gasteiger partial charge in [0.25, 0.3) is 0 Å². The third-order valence-corrected chi connectivity index (χ3v) is 4.30. The van der Waals surface area contributed by atoms with Crippen molar-refractivity contribution in [3.8, 4) is 5.69 Å². The summed E-state index contributed by atoms with van der Waals surface area (Å²) in [5.74, 6) is -0.906. The highest BCUT2D eigenvalue weighted by molar-refractivity contribution is 8.00. The van der Waals surface area contributed by atoms with Crippen molar-refractivity contribution in [1.82, 2.24) is 30.2 Å². The van der Waals surface area contributed by atoms with E-state index in [1.54, 1.807) is 28.5 Å². The molecule has 0 spiro atoms.